The summed E-state index contributed by atoms with van der Waals surface area (Å²) in [6.45, 7) is 22.6. The predicted octanol–water partition coefficient (Wildman–Crippen LogP) is 12.5. The molecule has 2 nitrogen and oxygen atoms in total. The van der Waals surface area contributed by atoms with E-state index >= 15 is 0 Å². The van der Waals surface area contributed by atoms with E-state index in [9.17, 15) is 4.79 Å². The SMILES string of the molecule is CCCCC/C=C\C[C@H](OC(=O)c1c(C(C)C)cc(C(C)C)cc1C(C)C)[Sn]([CH2]CCC)([CH2]CCC)[CH2]CCC. The molecule has 1 aromatic carbocycles. The van der Waals surface area contributed by atoms with Crippen molar-refractivity contribution in [1.82, 2.24) is 0 Å². The third-order valence-corrected chi connectivity index (χ3v) is 25.3. The molecule has 0 fully saturated rings. The Balaban J connectivity index is 3.63. The van der Waals surface area contributed by atoms with Gasteiger partial charge in [0.25, 0.3) is 0 Å². The second kappa shape index (κ2) is 20.2. The Kier molecular flexibility index (Phi) is 18.8. The first-order valence-corrected chi connectivity index (χ1v) is 24.8. The maximum absolute atomic E-state index is 14.4. The molecule has 0 aliphatic heterocycles. The predicted molar refractivity (Wildman–Crippen MR) is 181 cm³/mol. The normalized spacial score (nSPS) is 13.2. The van der Waals surface area contributed by atoms with Crippen molar-refractivity contribution in [2.75, 3.05) is 0 Å². The molecule has 230 valence electrons. The molecule has 1 rings (SSSR count). The van der Waals surface area contributed by atoms with Gasteiger partial charge in [0, 0.05) is 0 Å². The van der Waals surface area contributed by atoms with Gasteiger partial charge in [-0.05, 0) is 0 Å². The summed E-state index contributed by atoms with van der Waals surface area (Å²) < 4.78 is 11.1. The molecule has 0 heterocycles. The van der Waals surface area contributed by atoms with Gasteiger partial charge in [0.15, 0.2) is 0 Å². The second-order valence-corrected chi connectivity index (χ2v) is 27.2. The number of allylic oxidation sites excluding steroid dienone is 1. The molecule has 1 aromatic rings. The zero-order chi connectivity index (χ0) is 30.1. The second-order valence-electron chi connectivity index (χ2n) is 13.3. The van der Waals surface area contributed by atoms with Gasteiger partial charge in [0.2, 0.25) is 0 Å². The van der Waals surface area contributed by atoms with Crippen LogP contribution in [0.15, 0.2) is 24.3 Å². The molecule has 0 aliphatic rings. The number of ether oxygens (including phenoxy) is 1. The van der Waals surface area contributed by atoms with Crippen LogP contribution in [0.1, 0.15) is 185 Å². The monoisotopic (exact) mass is 662 g/mol. The van der Waals surface area contributed by atoms with Crippen LogP contribution in [0.5, 0.6) is 0 Å². The van der Waals surface area contributed by atoms with Crippen molar-refractivity contribution in [1.29, 1.82) is 0 Å². The van der Waals surface area contributed by atoms with E-state index in [4.69, 9.17) is 4.74 Å². The molecule has 0 saturated heterocycles. The van der Waals surface area contributed by atoms with E-state index in [-0.39, 0.29) is 21.9 Å². The summed E-state index contributed by atoms with van der Waals surface area (Å²) in [7, 11) is 0. The van der Waals surface area contributed by atoms with Gasteiger partial charge in [-0.2, -0.15) is 0 Å². The molecular formula is C37H66O2Sn. The molecule has 0 saturated carbocycles. The number of carbonyl (C=O) groups is 1. The minimum absolute atomic E-state index is 0.0438. The van der Waals surface area contributed by atoms with Crippen molar-refractivity contribution < 1.29 is 9.53 Å². The van der Waals surface area contributed by atoms with Gasteiger partial charge in [0.1, 0.15) is 0 Å². The Morgan fingerprint density at radius 2 is 1.18 bits per heavy atom. The van der Waals surface area contributed by atoms with Crippen LogP contribution in [0.25, 0.3) is 0 Å². The summed E-state index contributed by atoms with van der Waals surface area (Å²) in [5.74, 6) is 0.956. The van der Waals surface area contributed by atoms with Gasteiger partial charge in [-0.25, -0.2) is 0 Å². The fourth-order valence-electron chi connectivity index (χ4n) is 6.10. The average Bonchev–Trinajstić information content (AvgIpc) is 2.93. The summed E-state index contributed by atoms with van der Waals surface area (Å²) in [6, 6.07) is 4.59. The van der Waals surface area contributed by atoms with Crippen LogP contribution in [0.3, 0.4) is 0 Å². The van der Waals surface area contributed by atoms with Crippen LogP contribution >= 0.6 is 0 Å². The molecule has 0 amide bonds. The zero-order valence-electron chi connectivity index (χ0n) is 28.3. The Morgan fingerprint density at radius 3 is 1.57 bits per heavy atom. The van der Waals surface area contributed by atoms with Crippen LogP contribution in [0.2, 0.25) is 13.3 Å². The molecule has 40 heavy (non-hydrogen) atoms. The van der Waals surface area contributed by atoms with Gasteiger partial charge in [0.05, 0.1) is 0 Å². The van der Waals surface area contributed by atoms with Crippen molar-refractivity contribution in [3.63, 3.8) is 0 Å². The topological polar surface area (TPSA) is 26.3 Å². The quantitative estimate of drug-likeness (QED) is 0.0567. The molecule has 0 N–H and O–H groups in total. The van der Waals surface area contributed by atoms with Gasteiger partial charge < -0.3 is 0 Å². The van der Waals surface area contributed by atoms with E-state index in [1.54, 1.807) is 0 Å². The maximum atomic E-state index is 14.4. The molecule has 0 aromatic heterocycles. The third-order valence-electron chi connectivity index (χ3n) is 8.84. The molecule has 0 radical (unpaired) electrons. The first kappa shape index (κ1) is 37.3. The number of rotatable bonds is 21. The van der Waals surface area contributed by atoms with Gasteiger partial charge in [-0.1, -0.05) is 0 Å². The van der Waals surface area contributed by atoms with Crippen LogP contribution < -0.4 is 0 Å². The fourth-order valence-corrected chi connectivity index (χ4v) is 22.9. The van der Waals surface area contributed by atoms with Gasteiger partial charge >= 0.3 is 255 Å². The van der Waals surface area contributed by atoms with E-state index in [2.05, 4.69) is 93.5 Å². The van der Waals surface area contributed by atoms with E-state index in [0.717, 1.165) is 18.4 Å². The Hall–Kier alpha value is -0.771. The molecule has 0 spiro atoms. The molecule has 1 atom stereocenters. The summed E-state index contributed by atoms with van der Waals surface area (Å²) in [5.41, 5.74) is 4.54. The van der Waals surface area contributed by atoms with Crippen molar-refractivity contribution >= 4 is 24.3 Å². The minimum atomic E-state index is -2.85. The molecule has 0 aliphatic carbocycles. The summed E-state index contributed by atoms with van der Waals surface area (Å²) in [4.78, 5) is 14.4. The fraction of sp³-hybridized carbons (Fsp3) is 0.757. The van der Waals surface area contributed by atoms with Crippen LogP contribution in [-0.2, 0) is 4.74 Å². The van der Waals surface area contributed by atoms with Gasteiger partial charge in [-0.15, -0.1) is 0 Å². The summed E-state index contributed by atoms with van der Waals surface area (Å²) in [6.07, 6.45) is 18.2. The van der Waals surface area contributed by atoms with E-state index < -0.39 is 18.4 Å². The number of carbonyl (C=O) groups excluding carboxylic acids is 1. The van der Waals surface area contributed by atoms with Crippen molar-refractivity contribution in [2.24, 2.45) is 0 Å². The molecule has 3 heteroatoms. The van der Waals surface area contributed by atoms with Crippen LogP contribution in [0.4, 0.5) is 0 Å². The molecule has 0 bridgehead atoms. The standard InChI is InChI=1S/C25H39O2.3C4H9.Sn/c1-8-9-10-11-12-13-14-15-27-25(26)24-22(19(4)5)16-21(18(2)3)17-23(24)20(6)7;3*1-3-4-2;/h12-13,15-20H,8-11,14H2,1-7H3;3*1,3-4H2,2H3;/b13-12-;;;;. The van der Waals surface area contributed by atoms with E-state index in [0.29, 0.717) is 5.92 Å². The van der Waals surface area contributed by atoms with E-state index in [1.807, 2.05) is 0 Å². The zero-order valence-corrected chi connectivity index (χ0v) is 31.2. The number of benzene rings is 1. The van der Waals surface area contributed by atoms with Crippen LogP contribution in [0, 0.1) is 0 Å². The number of hydrogen-bond donors (Lipinski definition) is 0. The first-order chi connectivity index (χ1) is 19.1. The Labute approximate surface area is 254 Å². The average molecular weight is 662 g/mol. The number of hydrogen-bond acceptors (Lipinski definition) is 2. The van der Waals surface area contributed by atoms with Gasteiger partial charge in [-0.3, -0.25) is 0 Å². The Bertz CT molecular complexity index is 816. The summed E-state index contributed by atoms with van der Waals surface area (Å²) in [5, 5.41) is 0. The van der Waals surface area contributed by atoms with Crippen molar-refractivity contribution in [3.05, 3.63) is 46.5 Å². The Morgan fingerprint density at radius 1 is 0.700 bits per heavy atom. The summed E-state index contributed by atoms with van der Waals surface area (Å²) >= 11 is -2.85. The van der Waals surface area contributed by atoms with Crippen molar-refractivity contribution in [2.45, 2.75) is 175 Å². The van der Waals surface area contributed by atoms with Crippen LogP contribution in [-0.4, -0.2) is 28.5 Å². The molecular weight excluding hydrogens is 595 g/mol. The first-order valence-electron chi connectivity index (χ1n) is 17.1. The number of esters is 1. The third kappa shape index (κ3) is 11.8. The van der Waals surface area contributed by atoms with E-state index in [1.165, 1.54) is 87.8 Å². The number of unbranched alkanes of at least 4 members (excludes halogenated alkanes) is 6. The molecule has 0 unspecified atom stereocenters. The van der Waals surface area contributed by atoms with Crippen molar-refractivity contribution in [3.8, 4) is 0 Å².